The Morgan fingerprint density at radius 1 is 1.19 bits per heavy atom. The van der Waals surface area contributed by atoms with E-state index in [1.807, 2.05) is 0 Å². The molecule has 1 N–H and O–H groups in total. The topological polar surface area (TPSA) is 55.6 Å². The summed E-state index contributed by atoms with van der Waals surface area (Å²) in [6, 6.07) is 6.96. The molecule has 1 fully saturated rings. The van der Waals surface area contributed by atoms with E-state index in [4.69, 9.17) is 0 Å². The Morgan fingerprint density at radius 3 is 2.62 bits per heavy atom. The third kappa shape index (κ3) is 2.91. The first-order valence-electron chi connectivity index (χ1n) is 7.75. The van der Waals surface area contributed by atoms with Crippen LogP contribution in [0.2, 0.25) is 0 Å². The standard InChI is InChI=1S/C16H23N5/c1-11-7-8-14(9-15(11)21-10-17-19-20-21)18-16-12(2)5-4-6-13(16)3/h7-10,12-13,16,18H,4-6H2,1-3H3. The summed E-state index contributed by atoms with van der Waals surface area (Å²) in [7, 11) is 0. The van der Waals surface area contributed by atoms with Crippen molar-refractivity contribution in [2.45, 2.75) is 46.1 Å². The van der Waals surface area contributed by atoms with Gasteiger partial charge in [-0.2, -0.15) is 0 Å². The zero-order valence-corrected chi connectivity index (χ0v) is 13.0. The van der Waals surface area contributed by atoms with E-state index in [9.17, 15) is 0 Å². The average Bonchev–Trinajstić information content (AvgIpc) is 2.99. The van der Waals surface area contributed by atoms with Gasteiger partial charge in [0.25, 0.3) is 0 Å². The van der Waals surface area contributed by atoms with Gasteiger partial charge in [-0.25, -0.2) is 4.68 Å². The highest BCUT2D eigenvalue weighted by Gasteiger charge is 2.27. The quantitative estimate of drug-likeness (QED) is 0.941. The second kappa shape index (κ2) is 5.84. The van der Waals surface area contributed by atoms with Crippen LogP contribution in [0.5, 0.6) is 0 Å². The Labute approximate surface area is 125 Å². The van der Waals surface area contributed by atoms with Crippen molar-refractivity contribution >= 4 is 5.69 Å². The minimum absolute atomic E-state index is 0.545. The number of aromatic nitrogens is 4. The molecular formula is C16H23N5. The van der Waals surface area contributed by atoms with Gasteiger partial charge in [-0.3, -0.25) is 0 Å². The molecule has 0 aliphatic heterocycles. The van der Waals surface area contributed by atoms with Crippen LogP contribution in [-0.4, -0.2) is 26.2 Å². The predicted octanol–water partition coefficient (Wildman–Crippen LogP) is 3.21. The van der Waals surface area contributed by atoms with E-state index in [2.05, 4.69) is 59.8 Å². The van der Waals surface area contributed by atoms with Crippen molar-refractivity contribution in [3.63, 3.8) is 0 Å². The molecular weight excluding hydrogens is 262 g/mol. The van der Waals surface area contributed by atoms with E-state index in [1.165, 1.54) is 19.3 Å². The number of anilines is 1. The molecule has 0 saturated heterocycles. The summed E-state index contributed by atoms with van der Waals surface area (Å²) in [5, 5.41) is 15.2. The molecule has 1 aromatic carbocycles. The second-order valence-electron chi connectivity index (χ2n) is 6.31. The van der Waals surface area contributed by atoms with Crippen LogP contribution in [0.4, 0.5) is 5.69 Å². The Bertz CT molecular complexity index is 583. The first-order chi connectivity index (χ1) is 10.1. The fourth-order valence-electron chi connectivity index (χ4n) is 3.38. The molecule has 5 nitrogen and oxygen atoms in total. The Hall–Kier alpha value is -1.91. The average molecular weight is 285 g/mol. The number of rotatable bonds is 3. The molecule has 5 heteroatoms. The van der Waals surface area contributed by atoms with E-state index in [0.29, 0.717) is 17.9 Å². The number of hydrogen-bond acceptors (Lipinski definition) is 4. The summed E-state index contributed by atoms with van der Waals surface area (Å²) in [4.78, 5) is 0. The molecule has 0 amide bonds. The number of nitrogens with one attached hydrogen (secondary N) is 1. The van der Waals surface area contributed by atoms with Crippen LogP contribution < -0.4 is 5.32 Å². The number of aryl methyl sites for hydroxylation is 1. The zero-order valence-electron chi connectivity index (χ0n) is 13.0. The summed E-state index contributed by atoms with van der Waals surface area (Å²) < 4.78 is 1.72. The highest BCUT2D eigenvalue weighted by Crippen LogP contribution is 2.31. The van der Waals surface area contributed by atoms with Crippen molar-refractivity contribution < 1.29 is 0 Å². The largest absolute Gasteiger partial charge is 0.382 e. The Morgan fingerprint density at radius 2 is 1.95 bits per heavy atom. The SMILES string of the molecule is Cc1ccc(NC2C(C)CCCC2C)cc1-n1cnnn1. The maximum Gasteiger partial charge on any atom is 0.143 e. The van der Waals surface area contributed by atoms with Gasteiger partial charge in [-0.05, 0) is 59.7 Å². The number of tetrazole rings is 1. The van der Waals surface area contributed by atoms with Crippen molar-refractivity contribution in [1.82, 2.24) is 20.2 Å². The molecule has 0 radical (unpaired) electrons. The zero-order chi connectivity index (χ0) is 14.8. The molecule has 2 unspecified atom stereocenters. The molecule has 3 rings (SSSR count). The lowest BCUT2D eigenvalue weighted by atomic mass is 9.78. The molecule has 1 aliphatic carbocycles. The van der Waals surface area contributed by atoms with Crippen LogP contribution in [-0.2, 0) is 0 Å². The summed E-state index contributed by atoms with van der Waals surface area (Å²) in [6.45, 7) is 6.78. The molecule has 1 heterocycles. The van der Waals surface area contributed by atoms with Gasteiger partial charge < -0.3 is 5.32 Å². The molecule has 21 heavy (non-hydrogen) atoms. The highest BCUT2D eigenvalue weighted by molar-refractivity contribution is 5.55. The molecule has 1 aromatic heterocycles. The Kier molecular flexibility index (Phi) is 3.90. The number of benzene rings is 1. The first kappa shape index (κ1) is 14.0. The van der Waals surface area contributed by atoms with Crippen LogP contribution in [0.1, 0.15) is 38.7 Å². The van der Waals surface area contributed by atoms with Crippen molar-refractivity contribution in [1.29, 1.82) is 0 Å². The molecule has 2 atom stereocenters. The fourth-order valence-corrected chi connectivity index (χ4v) is 3.38. The molecule has 112 valence electrons. The molecule has 1 saturated carbocycles. The monoisotopic (exact) mass is 285 g/mol. The van der Waals surface area contributed by atoms with Gasteiger partial charge in [0.2, 0.25) is 0 Å². The van der Waals surface area contributed by atoms with Gasteiger partial charge in [0.1, 0.15) is 6.33 Å². The number of nitrogens with zero attached hydrogens (tertiary/aromatic N) is 4. The summed E-state index contributed by atoms with van der Waals surface area (Å²) in [6.07, 6.45) is 5.61. The van der Waals surface area contributed by atoms with Crippen LogP contribution in [0, 0.1) is 18.8 Å². The third-order valence-electron chi connectivity index (χ3n) is 4.68. The van der Waals surface area contributed by atoms with Gasteiger partial charge in [0.15, 0.2) is 0 Å². The van der Waals surface area contributed by atoms with Crippen molar-refractivity contribution in [3.05, 3.63) is 30.1 Å². The van der Waals surface area contributed by atoms with Crippen LogP contribution in [0.3, 0.4) is 0 Å². The summed E-state index contributed by atoms with van der Waals surface area (Å²) in [5.74, 6) is 1.43. The number of hydrogen-bond donors (Lipinski definition) is 1. The van der Waals surface area contributed by atoms with E-state index in [0.717, 1.165) is 16.9 Å². The normalized spacial score (nSPS) is 25.8. The van der Waals surface area contributed by atoms with Crippen molar-refractivity contribution in [3.8, 4) is 5.69 Å². The Balaban J connectivity index is 1.84. The van der Waals surface area contributed by atoms with Crippen LogP contribution in [0.15, 0.2) is 24.5 Å². The smallest absolute Gasteiger partial charge is 0.143 e. The lowest BCUT2D eigenvalue weighted by Crippen LogP contribution is -2.37. The molecule has 0 bridgehead atoms. The van der Waals surface area contributed by atoms with E-state index >= 15 is 0 Å². The molecule has 1 aliphatic rings. The lowest BCUT2D eigenvalue weighted by molar-refractivity contribution is 0.268. The third-order valence-corrected chi connectivity index (χ3v) is 4.68. The molecule has 2 aromatic rings. The van der Waals surface area contributed by atoms with Crippen molar-refractivity contribution in [2.75, 3.05) is 5.32 Å². The minimum atomic E-state index is 0.545. The van der Waals surface area contributed by atoms with Gasteiger partial charge in [-0.1, -0.05) is 26.3 Å². The van der Waals surface area contributed by atoms with Gasteiger partial charge in [-0.15, -0.1) is 5.10 Å². The minimum Gasteiger partial charge on any atom is -0.382 e. The van der Waals surface area contributed by atoms with E-state index in [-0.39, 0.29) is 0 Å². The maximum absolute atomic E-state index is 3.99. The van der Waals surface area contributed by atoms with E-state index in [1.54, 1.807) is 11.0 Å². The van der Waals surface area contributed by atoms with Crippen LogP contribution >= 0.6 is 0 Å². The fraction of sp³-hybridized carbons (Fsp3) is 0.562. The van der Waals surface area contributed by atoms with E-state index < -0.39 is 0 Å². The molecule has 0 spiro atoms. The summed E-state index contributed by atoms with van der Waals surface area (Å²) in [5.41, 5.74) is 3.34. The van der Waals surface area contributed by atoms with Gasteiger partial charge in [0, 0.05) is 11.7 Å². The van der Waals surface area contributed by atoms with Crippen molar-refractivity contribution in [2.24, 2.45) is 11.8 Å². The highest BCUT2D eigenvalue weighted by atomic mass is 15.5. The summed E-state index contributed by atoms with van der Waals surface area (Å²) >= 11 is 0. The lowest BCUT2D eigenvalue weighted by Gasteiger charge is -2.36. The maximum atomic E-state index is 3.99. The first-order valence-corrected chi connectivity index (χ1v) is 7.75. The van der Waals surface area contributed by atoms with Gasteiger partial charge in [0.05, 0.1) is 5.69 Å². The van der Waals surface area contributed by atoms with Gasteiger partial charge >= 0.3 is 0 Å². The second-order valence-corrected chi connectivity index (χ2v) is 6.31. The van der Waals surface area contributed by atoms with Crippen LogP contribution in [0.25, 0.3) is 5.69 Å². The predicted molar refractivity (Wildman–Crippen MR) is 83.5 cm³/mol.